The standard InChI is InChI=1S/C14H23N/c1-4-12(5-2)10-14(15)13-9-7-6-8-11(13)3/h6-9,12,14H,4-5,10,15H2,1-3H3. The molecule has 0 bridgehead atoms. The van der Waals surface area contributed by atoms with Gasteiger partial charge in [-0.25, -0.2) is 0 Å². The third-order valence-corrected chi connectivity index (χ3v) is 3.33. The van der Waals surface area contributed by atoms with E-state index in [2.05, 4.69) is 45.0 Å². The van der Waals surface area contributed by atoms with E-state index in [1.165, 1.54) is 24.0 Å². The minimum Gasteiger partial charge on any atom is -0.324 e. The number of hydrogen-bond donors (Lipinski definition) is 1. The van der Waals surface area contributed by atoms with Crippen LogP contribution in [0.2, 0.25) is 0 Å². The molecule has 1 rings (SSSR count). The lowest BCUT2D eigenvalue weighted by molar-refractivity contribution is 0.414. The van der Waals surface area contributed by atoms with Gasteiger partial charge in [0.1, 0.15) is 0 Å². The third-order valence-electron chi connectivity index (χ3n) is 3.33. The van der Waals surface area contributed by atoms with Crippen molar-refractivity contribution < 1.29 is 0 Å². The lowest BCUT2D eigenvalue weighted by Crippen LogP contribution is -2.15. The summed E-state index contributed by atoms with van der Waals surface area (Å²) in [6.07, 6.45) is 3.57. The summed E-state index contributed by atoms with van der Waals surface area (Å²) in [5.74, 6) is 0.764. The highest BCUT2D eigenvalue weighted by Gasteiger charge is 2.13. The molecule has 1 heteroatoms. The van der Waals surface area contributed by atoms with E-state index in [1.807, 2.05) is 0 Å². The molecule has 0 aromatic heterocycles. The van der Waals surface area contributed by atoms with Crippen LogP contribution in [0.3, 0.4) is 0 Å². The molecule has 0 radical (unpaired) electrons. The highest BCUT2D eigenvalue weighted by atomic mass is 14.6. The molecular formula is C14H23N. The quantitative estimate of drug-likeness (QED) is 0.777. The van der Waals surface area contributed by atoms with Gasteiger partial charge < -0.3 is 5.73 Å². The first-order valence-electron chi connectivity index (χ1n) is 6.00. The Labute approximate surface area is 93.7 Å². The number of nitrogens with two attached hydrogens (primary N) is 1. The van der Waals surface area contributed by atoms with Crippen molar-refractivity contribution in [1.29, 1.82) is 0 Å². The highest BCUT2D eigenvalue weighted by molar-refractivity contribution is 5.28. The van der Waals surface area contributed by atoms with Gasteiger partial charge in [-0.2, -0.15) is 0 Å². The number of benzene rings is 1. The molecule has 0 aliphatic heterocycles. The molecule has 1 nitrogen and oxygen atoms in total. The van der Waals surface area contributed by atoms with E-state index >= 15 is 0 Å². The molecule has 2 N–H and O–H groups in total. The van der Waals surface area contributed by atoms with Crippen LogP contribution in [0.25, 0.3) is 0 Å². The summed E-state index contributed by atoms with van der Waals surface area (Å²) in [5.41, 5.74) is 8.87. The predicted octanol–water partition coefficient (Wildman–Crippen LogP) is 3.82. The summed E-state index contributed by atoms with van der Waals surface area (Å²) in [5, 5.41) is 0. The molecule has 1 atom stereocenters. The summed E-state index contributed by atoms with van der Waals surface area (Å²) in [6, 6.07) is 8.65. The molecule has 0 amide bonds. The highest BCUT2D eigenvalue weighted by Crippen LogP contribution is 2.25. The average Bonchev–Trinajstić information content (AvgIpc) is 2.26. The van der Waals surface area contributed by atoms with Crippen molar-refractivity contribution in [2.75, 3.05) is 0 Å². The molecule has 0 spiro atoms. The second kappa shape index (κ2) is 5.92. The van der Waals surface area contributed by atoms with E-state index in [0.29, 0.717) is 0 Å². The Balaban J connectivity index is 2.68. The van der Waals surface area contributed by atoms with Gasteiger partial charge >= 0.3 is 0 Å². The SMILES string of the molecule is CCC(CC)CC(N)c1ccccc1C. The summed E-state index contributed by atoms with van der Waals surface area (Å²) in [4.78, 5) is 0. The van der Waals surface area contributed by atoms with Crippen LogP contribution in [-0.2, 0) is 0 Å². The first kappa shape index (κ1) is 12.3. The van der Waals surface area contributed by atoms with Gasteiger partial charge in [0.2, 0.25) is 0 Å². The van der Waals surface area contributed by atoms with Gasteiger partial charge in [0, 0.05) is 6.04 Å². The minimum atomic E-state index is 0.205. The Morgan fingerprint density at radius 1 is 1.13 bits per heavy atom. The van der Waals surface area contributed by atoms with Crippen molar-refractivity contribution in [3.8, 4) is 0 Å². The smallest absolute Gasteiger partial charge is 0.0300 e. The Bertz CT molecular complexity index is 289. The second-order valence-corrected chi connectivity index (χ2v) is 4.38. The van der Waals surface area contributed by atoms with Crippen LogP contribution in [0.1, 0.15) is 50.3 Å². The molecule has 1 unspecified atom stereocenters. The van der Waals surface area contributed by atoms with Crippen LogP contribution in [0.15, 0.2) is 24.3 Å². The van der Waals surface area contributed by atoms with Crippen molar-refractivity contribution in [3.05, 3.63) is 35.4 Å². The van der Waals surface area contributed by atoms with Gasteiger partial charge in [-0.1, -0.05) is 51.0 Å². The number of aryl methyl sites for hydroxylation is 1. The fourth-order valence-electron chi connectivity index (χ4n) is 2.11. The normalized spacial score (nSPS) is 13.1. The summed E-state index contributed by atoms with van der Waals surface area (Å²) in [7, 11) is 0. The molecule has 15 heavy (non-hydrogen) atoms. The van der Waals surface area contributed by atoms with Crippen LogP contribution in [0.5, 0.6) is 0 Å². The molecule has 1 aromatic carbocycles. The van der Waals surface area contributed by atoms with E-state index in [1.54, 1.807) is 0 Å². The number of rotatable bonds is 5. The molecule has 0 fully saturated rings. The Morgan fingerprint density at radius 2 is 1.73 bits per heavy atom. The second-order valence-electron chi connectivity index (χ2n) is 4.38. The van der Waals surface area contributed by atoms with Gasteiger partial charge in [-0.3, -0.25) is 0 Å². The van der Waals surface area contributed by atoms with Crippen molar-refractivity contribution in [1.82, 2.24) is 0 Å². The molecule has 0 saturated heterocycles. The summed E-state index contributed by atoms with van der Waals surface area (Å²) in [6.45, 7) is 6.64. The van der Waals surface area contributed by atoms with Crippen LogP contribution in [-0.4, -0.2) is 0 Å². The topological polar surface area (TPSA) is 26.0 Å². The first-order valence-corrected chi connectivity index (χ1v) is 6.00. The maximum absolute atomic E-state index is 6.25. The largest absolute Gasteiger partial charge is 0.324 e. The zero-order valence-corrected chi connectivity index (χ0v) is 10.2. The molecule has 0 saturated carbocycles. The minimum absolute atomic E-state index is 0.205. The predicted molar refractivity (Wildman–Crippen MR) is 66.8 cm³/mol. The maximum atomic E-state index is 6.25. The van der Waals surface area contributed by atoms with E-state index in [0.717, 1.165) is 12.3 Å². The van der Waals surface area contributed by atoms with E-state index in [9.17, 15) is 0 Å². The van der Waals surface area contributed by atoms with Gasteiger partial charge in [0.15, 0.2) is 0 Å². The summed E-state index contributed by atoms with van der Waals surface area (Å²) < 4.78 is 0. The Morgan fingerprint density at radius 3 is 2.27 bits per heavy atom. The fourth-order valence-corrected chi connectivity index (χ4v) is 2.11. The van der Waals surface area contributed by atoms with E-state index < -0.39 is 0 Å². The fraction of sp³-hybridized carbons (Fsp3) is 0.571. The van der Waals surface area contributed by atoms with Crippen LogP contribution in [0, 0.1) is 12.8 Å². The first-order chi connectivity index (χ1) is 7.19. The lowest BCUT2D eigenvalue weighted by atomic mass is 9.90. The van der Waals surface area contributed by atoms with Crippen molar-refractivity contribution >= 4 is 0 Å². The molecule has 0 aliphatic rings. The van der Waals surface area contributed by atoms with Crippen molar-refractivity contribution in [3.63, 3.8) is 0 Å². The van der Waals surface area contributed by atoms with Crippen LogP contribution in [0.4, 0.5) is 0 Å². The van der Waals surface area contributed by atoms with Crippen LogP contribution >= 0.6 is 0 Å². The van der Waals surface area contributed by atoms with Crippen molar-refractivity contribution in [2.45, 2.75) is 46.1 Å². The van der Waals surface area contributed by atoms with E-state index in [-0.39, 0.29) is 6.04 Å². The zero-order valence-electron chi connectivity index (χ0n) is 10.2. The van der Waals surface area contributed by atoms with Gasteiger partial charge in [-0.05, 0) is 30.4 Å². The van der Waals surface area contributed by atoms with Gasteiger partial charge in [0.25, 0.3) is 0 Å². The lowest BCUT2D eigenvalue weighted by Gasteiger charge is -2.20. The van der Waals surface area contributed by atoms with Crippen LogP contribution < -0.4 is 5.73 Å². The van der Waals surface area contributed by atoms with Crippen molar-refractivity contribution in [2.24, 2.45) is 11.7 Å². The molecule has 84 valence electrons. The monoisotopic (exact) mass is 205 g/mol. The van der Waals surface area contributed by atoms with Gasteiger partial charge in [0.05, 0.1) is 0 Å². The third kappa shape index (κ3) is 3.35. The average molecular weight is 205 g/mol. The molecule has 0 heterocycles. The Kier molecular flexibility index (Phi) is 4.83. The molecular weight excluding hydrogens is 182 g/mol. The molecule has 1 aromatic rings. The maximum Gasteiger partial charge on any atom is 0.0300 e. The molecule has 0 aliphatic carbocycles. The zero-order chi connectivity index (χ0) is 11.3. The van der Waals surface area contributed by atoms with E-state index in [4.69, 9.17) is 5.73 Å². The Hall–Kier alpha value is -0.820. The number of hydrogen-bond acceptors (Lipinski definition) is 1. The van der Waals surface area contributed by atoms with Gasteiger partial charge in [-0.15, -0.1) is 0 Å². The summed E-state index contributed by atoms with van der Waals surface area (Å²) >= 11 is 0.